The summed E-state index contributed by atoms with van der Waals surface area (Å²) in [6, 6.07) is 5.10. The highest BCUT2D eigenvalue weighted by atomic mass is 35.5. The Balaban J connectivity index is 2.13. The first kappa shape index (κ1) is 11.6. The van der Waals surface area contributed by atoms with Crippen molar-refractivity contribution in [2.75, 3.05) is 31.1 Å². The van der Waals surface area contributed by atoms with Crippen LogP contribution in [0.2, 0.25) is 5.02 Å². The van der Waals surface area contributed by atoms with E-state index in [1.165, 1.54) is 6.07 Å². The maximum atomic E-state index is 13.0. The average molecular weight is 244 g/mol. The Bertz CT molecular complexity index is 372. The van der Waals surface area contributed by atoms with Crippen molar-refractivity contribution in [2.24, 2.45) is 5.73 Å². The van der Waals surface area contributed by atoms with E-state index in [0.717, 1.165) is 25.3 Å². The first-order valence-corrected chi connectivity index (χ1v) is 5.72. The van der Waals surface area contributed by atoms with Crippen LogP contribution in [0.1, 0.15) is 0 Å². The van der Waals surface area contributed by atoms with Crippen LogP contribution in [0.4, 0.5) is 10.1 Å². The van der Waals surface area contributed by atoms with Gasteiger partial charge in [0.15, 0.2) is 0 Å². The maximum absolute atomic E-state index is 13.0. The van der Waals surface area contributed by atoms with E-state index in [4.69, 9.17) is 17.3 Å². The molecule has 1 aliphatic heterocycles. The smallest absolute Gasteiger partial charge is 0.141 e. The number of nitrogens with zero attached hydrogens (tertiary/aromatic N) is 1. The van der Waals surface area contributed by atoms with Crippen molar-refractivity contribution in [3.8, 4) is 0 Å². The molecule has 1 aliphatic rings. The van der Waals surface area contributed by atoms with Crippen LogP contribution in [0.15, 0.2) is 18.2 Å². The van der Waals surface area contributed by atoms with Crippen molar-refractivity contribution in [1.29, 1.82) is 0 Å². The van der Waals surface area contributed by atoms with Crippen LogP contribution in [0.3, 0.4) is 0 Å². The van der Waals surface area contributed by atoms with Crippen LogP contribution < -0.4 is 16.0 Å². The van der Waals surface area contributed by atoms with E-state index in [1.54, 1.807) is 12.1 Å². The number of rotatable bonds is 2. The van der Waals surface area contributed by atoms with Crippen molar-refractivity contribution < 1.29 is 4.39 Å². The summed E-state index contributed by atoms with van der Waals surface area (Å²) < 4.78 is 13.0. The molecule has 3 N–H and O–H groups in total. The number of piperazine rings is 1. The molecule has 0 aromatic heterocycles. The standard InChI is InChI=1S/C11H15ClFN3/c12-10-5-9(1-2-11(10)13)16-4-3-15-8(6-14)7-16/h1-2,5,8,15H,3-4,6-7,14H2. The largest absolute Gasteiger partial charge is 0.369 e. The third kappa shape index (κ3) is 2.45. The van der Waals surface area contributed by atoms with Gasteiger partial charge in [0.1, 0.15) is 5.82 Å². The Hall–Kier alpha value is -0.840. The minimum absolute atomic E-state index is 0.167. The van der Waals surface area contributed by atoms with E-state index in [0.29, 0.717) is 6.54 Å². The van der Waals surface area contributed by atoms with Gasteiger partial charge in [-0.1, -0.05) is 11.6 Å². The van der Waals surface area contributed by atoms with E-state index < -0.39 is 0 Å². The van der Waals surface area contributed by atoms with E-state index in [9.17, 15) is 4.39 Å². The van der Waals surface area contributed by atoms with Crippen LogP contribution in [-0.4, -0.2) is 32.2 Å². The summed E-state index contributed by atoms with van der Waals surface area (Å²) in [4.78, 5) is 2.17. The fraction of sp³-hybridized carbons (Fsp3) is 0.455. The van der Waals surface area contributed by atoms with Gasteiger partial charge >= 0.3 is 0 Å². The Kier molecular flexibility index (Phi) is 3.63. The zero-order chi connectivity index (χ0) is 11.5. The SMILES string of the molecule is NCC1CN(c2ccc(F)c(Cl)c2)CCN1. The van der Waals surface area contributed by atoms with Crippen molar-refractivity contribution in [3.63, 3.8) is 0 Å². The molecule has 1 aromatic rings. The summed E-state index contributed by atoms with van der Waals surface area (Å²) in [5.41, 5.74) is 6.57. The highest BCUT2D eigenvalue weighted by molar-refractivity contribution is 6.31. The van der Waals surface area contributed by atoms with E-state index >= 15 is 0 Å². The molecule has 88 valence electrons. The van der Waals surface area contributed by atoms with Crippen LogP contribution in [0, 0.1) is 5.82 Å². The number of benzene rings is 1. The molecule has 0 bridgehead atoms. The maximum Gasteiger partial charge on any atom is 0.141 e. The summed E-state index contributed by atoms with van der Waals surface area (Å²) in [6.45, 7) is 3.21. The van der Waals surface area contributed by atoms with Gasteiger partial charge in [-0.2, -0.15) is 0 Å². The fourth-order valence-electron chi connectivity index (χ4n) is 1.90. The molecule has 1 atom stereocenters. The summed E-state index contributed by atoms with van der Waals surface area (Å²) >= 11 is 5.76. The lowest BCUT2D eigenvalue weighted by atomic mass is 10.2. The molecule has 1 heterocycles. The highest BCUT2D eigenvalue weighted by Gasteiger charge is 2.18. The first-order valence-electron chi connectivity index (χ1n) is 5.34. The lowest BCUT2D eigenvalue weighted by Crippen LogP contribution is -2.53. The number of anilines is 1. The quantitative estimate of drug-likeness (QED) is 0.821. The van der Waals surface area contributed by atoms with Crippen molar-refractivity contribution >= 4 is 17.3 Å². The van der Waals surface area contributed by atoms with E-state index in [2.05, 4.69) is 10.2 Å². The normalized spacial score (nSPS) is 21.2. The molecule has 3 nitrogen and oxygen atoms in total. The van der Waals surface area contributed by atoms with Gasteiger partial charge in [-0.25, -0.2) is 4.39 Å². The molecular formula is C11H15ClFN3. The second kappa shape index (κ2) is 4.99. The summed E-state index contributed by atoms with van der Waals surface area (Å²) in [5.74, 6) is -0.379. The third-order valence-electron chi connectivity index (χ3n) is 2.81. The molecule has 5 heteroatoms. The molecule has 2 rings (SSSR count). The molecule has 0 radical (unpaired) electrons. The predicted molar refractivity (Wildman–Crippen MR) is 64.5 cm³/mol. The molecular weight excluding hydrogens is 229 g/mol. The molecule has 0 amide bonds. The number of hydrogen-bond acceptors (Lipinski definition) is 3. The Morgan fingerprint density at radius 1 is 1.56 bits per heavy atom. The van der Waals surface area contributed by atoms with Gasteiger partial charge < -0.3 is 16.0 Å². The van der Waals surface area contributed by atoms with E-state index in [1.807, 2.05) is 0 Å². The lowest BCUT2D eigenvalue weighted by molar-refractivity contribution is 0.463. The van der Waals surface area contributed by atoms with Crippen LogP contribution in [-0.2, 0) is 0 Å². The van der Waals surface area contributed by atoms with Gasteiger partial charge in [-0.3, -0.25) is 0 Å². The van der Waals surface area contributed by atoms with Gasteiger partial charge in [-0.15, -0.1) is 0 Å². The van der Waals surface area contributed by atoms with Crippen molar-refractivity contribution in [2.45, 2.75) is 6.04 Å². The van der Waals surface area contributed by atoms with E-state index in [-0.39, 0.29) is 16.9 Å². The number of halogens is 2. The van der Waals surface area contributed by atoms with Gasteiger partial charge in [0.25, 0.3) is 0 Å². The number of hydrogen-bond donors (Lipinski definition) is 2. The number of nitrogens with one attached hydrogen (secondary N) is 1. The molecule has 1 unspecified atom stereocenters. The van der Waals surface area contributed by atoms with Crippen molar-refractivity contribution in [1.82, 2.24) is 5.32 Å². The molecule has 0 saturated carbocycles. The fourth-order valence-corrected chi connectivity index (χ4v) is 2.07. The molecule has 1 saturated heterocycles. The summed E-state index contributed by atoms with van der Waals surface area (Å²) in [6.07, 6.45) is 0. The van der Waals surface area contributed by atoms with Gasteiger partial charge in [0.05, 0.1) is 5.02 Å². The Labute approximate surface area is 99.4 Å². The highest BCUT2D eigenvalue weighted by Crippen LogP contribution is 2.23. The zero-order valence-corrected chi connectivity index (χ0v) is 9.67. The Morgan fingerprint density at radius 2 is 2.38 bits per heavy atom. The molecule has 1 aromatic carbocycles. The summed E-state index contributed by atoms with van der Waals surface area (Å²) in [7, 11) is 0. The summed E-state index contributed by atoms with van der Waals surface area (Å²) in [5, 5.41) is 3.49. The minimum Gasteiger partial charge on any atom is -0.369 e. The second-order valence-corrected chi connectivity index (χ2v) is 4.34. The van der Waals surface area contributed by atoms with Crippen LogP contribution in [0.5, 0.6) is 0 Å². The van der Waals surface area contributed by atoms with Crippen LogP contribution in [0.25, 0.3) is 0 Å². The lowest BCUT2D eigenvalue weighted by Gasteiger charge is -2.34. The van der Waals surface area contributed by atoms with Gasteiger partial charge in [0, 0.05) is 37.9 Å². The molecule has 0 spiro atoms. The molecule has 1 fully saturated rings. The zero-order valence-electron chi connectivity index (χ0n) is 8.92. The Morgan fingerprint density at radius 3 is 3.06 bits per heavy atom. The average Bonchev–Trinajstić information content (AvgIpc) is 2.33. The number of nitrogens with two attached hydrogens (primary N) is 1. The van der Waals surface area contributed by atoms with Gasteiger partial charge in [-0.05, 0) is 18.2 Å². The predicted octanol–water partition coefficient (Wildman–Crippen LogP) is 1.22. The van der Waals surface area contributed by atoms with Crippen LogP contribution >= 0.6 is 11.6 Å². The first-order chi connectivity index (χ1) is 7.70. The molecule has 16 heavy (non-hydrogen) atoms. The topological polar surface area (TPSA) is 41.3 Å². The van der Waals surface area contributed by atoms with Crippen molar-refractivity contribution in [3.05, 3.63) is 29.0 Å². The third-order valence-corrected chi connectivity index (χ3v) is 3.10. The molecule has 0 aliphatic carbocycles. The minimum atomic E-state index is -0.379. The van der Waals surface area contributed by atoms with Gasteiger partial charge in [0.2, 0.25) is 0 Å². The second-order valence-electron chi connectivity index (χ2n) is 3.93. The monoisotopic (exact) mass is 243 g/mol.